The average molecular weight is 359 g/mol. The summed E-state index contributed by atoms with van der Waals surface area (Å²) >= 11 is 3.34. The molecular weight excluding hydrogens is 344 g/mol. The molecule has 0 aromatic heterocycles. The summed E-state index contributed by atoms with van der Waals surface area (Å²) in [7, 11) is 0. The van der Waals surface area contributed by atoms with Crippen molar-refractivity contribution in [2.75, 3.05) is 11.9 Å². The van der Waals surface area contributed by atoms with E-state index in [0.29, 0.717) is 23.4 Å². The first-order valence-electron chi connectivity index (χ1n) is 6.66. The molecule has 2 aromatic carbocycles. The van der Waals surface area contributed by atoms with Crippen LogP contribution in [0, 0.1) is 0 Å². The monoisotopic (exact) mass is 358 g/mol. The van der Waals surface area contributed by atoms with Gasteiger partial charge in [0.15, 0.2) is 0 Å². The van der Waals surface area contributed by atoms with Crippen LogP contribution in [0.25, 0.3) is 0 Å². The molecule has 0 saturated carbocycles. The van der Waals surface area contributed by atoms with Crippen molar-refractivity contribution < 1.29 is 9.59 Å². The number of carbonyl (C=O) groups is 2. The Balaban J connectivity index is 2.03. The SMILES string of the molecule is C=CCNC(=O)c1ccc(C(=O)Nc2ccc(Br)cc2)cc1. The summed E-state index contributed by atoms with van der Waals surface area (Å²) in [6.07, 6.45) is 1.61. The summed E-state index contributed by atoms with van der Waals surface area (Å²) in [5.41, 5.74) is 1.70. The van der Waals surface area contributed by atoms with Crippen molar-refractivity contribution in [1.29, 1.82) is 0 Å². The summed E-state index contributed by atoms with van der Waals surface area (Å²) in [4.78, 5) is 23.9. The molecule has 4 nitrogen and oxygen atoms in total. The van der Waals surface area contributed by atoms with Crippen LogP contribution in [-0.2, 0) is 0 Å². The van der Waals surface area contributed by atoms with E-state index in [4.69, 9.17) is 0 Å². The van der Waals surface area contributed by atoms with Crippen molar-refractivity contribution in [3.05, 3.63) is 76.8 Å². The average Bonchev–Trinajstić information content (AvgIpc) is 2.55. The lowest BCUT2D eigenvalue weighted by molar-refractivity contribution is 0.0956. The zero-order valence-electron chi connectivity index (χ0n) is 11.8. The van der Waals surface area contributed by atoms with Gasteiger partial charge in [-0.2, -0.15) is 0 Å². The van der Waals surface area contributed by atoms with Gasteiger partial charge in [0.2, 0.25) is 0 Å². The zero-order valence-corrected chi connectivity index (χ0v) is 13.4. The molecule has 2 rings (SSSR count). The van der Waals surface area contributed by atoms with Crippen LogP contribution in [0.4, 0.5) is 5.69 Å². The van der Waals surface area contributed by atoms with Gasteiger partial charge in [0.25, 0.3) is 11.8 Å². The zero-order chi connectivity index (χ0) is 15.9. The Morgan fingerprint density at radius 1 is 0.955 bits per heavy atom. The van der Waals surface area contributed by atoms with Crippen molar-refractivity contribution in [2.24, 2.45) is 0 Å². The highest BCUT2D eigenvalue weighted by Crippen LogP contribution is 2.15. The molecule has 0 unspecified atom stereocenters. The highest BCUT2D eigenvalue weighted by Gasteiger charge is 2.08. The van der Waals surface area contributed by atoms with Crippen molar-refractivity contribution in [2.45, 2.75) is 0 Å². The topological polar surface area (TPSA) is 58.2 Å². The molecule has 0 radical (unpaired) electrons. The van der Waals surface area contributed by atoms with E-state index in [1.54, 1.807) is 42.5 Å². The Morgan fingerprint density at radius 3 is 2.05 bits per heavy atom. The third kappa shape index (κ3) is 4.30. The van der Waals surface area contributed by atoms with Crippen LogP contribution in [0.2, 0.25) is 0 Å². The number of carbonyl (C=O) groups excluding carboxylic acids is 2. The molecule has 2 N–H and O–H groups in total. The third-order valence-corrected chi connectivity index (χ3v) is 3.45. The first-order chi connectivity index (χ1) is 10.6. The molecule has 0 heterocycles. The summed E-state index contributed by atoms with van der Waals surface area (Å²) < 4.78 is 0.945. The van der Waals surface area contributed by atoms with Crippen molar-refractivity contribution in [1.82, 2.24) is 5.32 Å². The Morgan fingerprint density at radius 2 is 1.50 bits per heavy atom. The van der Waals surface area contributed by atoms with Crippen LogP contribution in [0.1, 0.15) is 20.7 Å². The molecule has 0 aliphatic carbocycles. The first-order valence-corrected chi connectivity index (χ1v) is 7.45. The molecule has 0 saturated heterocycles. The number of amides is 2. The van der Waals surface area contributed by atoms with Crippen LogP contribution in [0.5, 0.6) is 0 Å². The Bertz CT molecular complexity index is 679. The number of benzene rings is 2. The summed E-state index contributed by atoms with van der Waals surface area (Å²) in [6, 6.07) is 13.8. The van der Waals surface area contributed by atoms with Crippen LogP contribution in [-0.4, -0.2) is 18.4 Å². The molecule has 0 atom stereocenters. The highest BCUT2D eigenvalue weighted by molar-refractivity contribution is 9.10. The van der Waals surface area contributed by atoms with Crippen LogP contribution < -0.4 is 10.6 Å². The summed E-state index contributed by atoms with van der Waals surface area (Å²) in [5, 5.41) is 5.48. The number of rotatable bonds is 5. The second kappa shape index (κ2) is 7.56. The number of halogens is 1. The van der Waals surface area contributed by atoms with Gasteiger partial charge in [-0.15, -0.1) is 6.58 Å². The molecule has 0 aliphatic heterocycles. The van der Waals surface area contributed by atoms with E-state index >= 15 is 0 Å². The molecule has 5 heteroatoms. The van der Waals surface area contributed by atoms with E-state index in [9.17, 15) is 9.59 Å². The Labute approximate surface area is 137 Å². The maximum Gasteiger partial charge on any atom is 0.255 e. The standard InChI is InChI=1S/C17H15BrN2O2/c1-2-11-19-16(21)12-3-5-13(6-4-12)17(22)20-15-9-7-14(18)8-10-15/h2-10H,1,11H2,(H,19,21)(H,20,22). The fourth-order valence-corrected chi connectivity index (χ4v) is 2.04. The predicted octanol–water partition coefficient (Wildman–Crippen LogP) is 3.62. The molecule has 112 valence electrons. The molecular formula is C17H15BrN2O2. The molecule has 0 bridgehead atoms. The van der Waals surface area contributed by atoms with Crippen molar-refractivity contribution in [3.63, 3.8) is 0 Å². The molecule has 22 heavy (non-hydrogen) atoms. The van der Waals surface area contributed by atoms with E-state index in [-0.39, 0.29) is 11.8 Å². The van der Waals surface area contributed by atoms with E-state index in [0.717, 1.165) is 4.47 Å². The maximum atomic E-state index is 12.1. The second-order valence-corrected chi connectivity index (χ2v) is 5.45. The number of hydrogen-bond donors (Lipinski definition) is 2. The minimum Gasteiger partial charge on any atom is -0.349 e. The Hall–Kier alpha value is -2.40. The van der Waals surface area contributed by atoms with Crippen LogP contribution >= 0.6 is 15.9 Å². The lowest BCUT2D eigenvalue weighted by atomic mass is 10.1. The number of anilines is 1. The first kappa shape index (κ1) is 16.0. The van der Waals surface area contributed by atoms with Gasteiger partial charge in [-0.3, -0.25) is 9.59 Å². The molecule has 0 spiro atoms. The minimum atomic E-state index is -0.222. The third-order valence-electron chi connectivity index (χ3n) is 2.92. The van der Waals surface area contributed by atoms with Gasteiger partial charge in [0, 0.05) is 27.8 Å². The second-order valence-electron chi connectivity index (χ2n) is 4.54. The van der Waals surface area contributed by atoms with E-state index in [2.05, 4.69) is 33.1 Å². The number of nitrogens with one attached hydrogen (secondary N) is 2. The van der Waals surface area contributed by atoms with Gasteiger partial charge in [-0.1, -0.05) is 22.0 Å². The number of hydrogen-bond acceptors (Lipinski definition) is 2. The van der Waals surface area contributed by atoms with E-state index < -0.39 is 0 Å². The van der Waals surface area contributed by atoms with Crippen LogP contribution in [0.15, 0.2) is 65.7 Å². The molecule has 0 aliphatic rings. The molecule has 0 fully saturated rings. The summed E-state index contributed by atoms with van der Waals surface area (Å²) in [5.74, 6) is -0.417. The van der Waals surface area contributed by atoms with Gasteiger partial charge in [0.1, 0.15) is 0 Å². The van der Waals surface area contributed by atoms with E-state index in [1.165, 1.54) is 0 Å². The van der Waals surface area contributed by atoms with Crippen LogP contribution in [0.3, 0.4) is 0 Å². The van der Waals surface area contributed by atoms with E-state index in [1.807, 2.05) is 12.1 Å². The van der Waals surface area contributed by atoms with Gasteiger partial charge in [-0.05, 0) is 48.5 Å². The molecule has 2 aromatic rings. The fourth-order valence-electron chi connectivity index (χ4n) is 1.78. The van der Waals surface area contributed by atoms with Gasteiger partial charge < -0.3 is 10.6 Å². The smallest absolute Gasteiger partial charge is 0.255 e. The molecule has 2 amide bonds. The predicted molar refractivity (Wildman–Crippen MR) is 91.1 cm³/mol. The lowest BCUT2D eigenvalue weighted by Crippen LogP contribution is -2.23. The van der Waals surface area contributed by atoms with Crippen molar-refractivity contribution >= 4 is 33.4 Å². The Kier molecular flexibility index (Phi) is 5.49. The normalized spacial score (nSPS) is 9.86. The van der Waals surface area contributed by atoms with Gasteiger partial charge >= 0.3 is 0 Å². The highest BCUT2D eigenvalue weighted by atomic mass is 79.9. The lowest BCUT2D eigenvalue weighted by Gasteiger charge is -2.06. The quantitative estimate of drug-likeness (QED) is 0.802. The summed E-state index contributed by atoms with van der Waals surface area (Å²) in [6.45, 7) is 3.95. The minimum absolute atomic E-state index is 0.195. The van der Waals surface area contributed by atoms with Gasteiger partial charge in [0.05, 0.1) is 0 Å². The maximum absolute atomic E-state index is 12.1. The fraction of sp³-hybridized carbons (Fsp3) is 0.0588. The van der Waals surface area contributed by atoms with Crippen molar-refractivity contribution in [3.8, 4) is 0 Å². The largest absolute Gasteiger partial charge is 0.349 e. The van der Waals surface area contributed by atoms with Gasteiger partial charge in [-0.25, -0.2) is 0 Å².